The third-order valence-electron chi connectivity index (χ3n) is 2.19. The van der Waals surface area contributed by atoms with E-state index in [-0.39, 0.29) is 5.54 Å². The standard InChI is InChI=1S/C14H19BrClNO/c1-10(8-17-14(2,3)4)9-18-13-6-5-11(15)7-12(13)16/h5-7,17H,1,8-9H2,2-4H3. The predicted molar refractivity (Wildman–Crippen MR) is 81.5 cm³/mol. The van der Waals surface area contributed by atoms with Crippen molar-refractivity contribution in [1.82, 2.24) is 5.32 Å². The highest BCUT2D eigenvalue weighted by Crippen LogP contribution is 2.27. The first kappa shape index (κ1) is 15.5. The van der Waals surface area contributed by atoms with Crippen molar-refractivity contribution < 1.29 is 4.74 Å². The first-order valence-electron chi connectivity index (χ1n) is 5.77. The van der Waals surface area contributed by atoms with Crippen molar-refractivity contribution in [2.24, 2.45) is 0 Å². The Morgan fingerprint density at radius 3 is 2.67 bits per heavy atom. The van der Waals surface area contributed by atoms with Crippen LogP contribution in [0.1, 0.15) is 20.8 Å². The number of rotatable bonds is 5. The predicted octanol–water partition coefficient (Wildman–Crippen LogP) is 4.43. The van der Waals surface area contributed by atoms with Crippen LogP contribution in [0.3, 0.4) is 0 Å². The zero-order valence-electron chi connectivity index (χ0n) is 11.0. The van der Waals surface area contributed by atoms with E-state index >= 15 is 0 Å². The van der Waals surface area contributed by atoms with Crippen molar-refractivity contribution in [3.63, 3.8) is 0 Å². The number of nitrogens with one attached hydrogen (secondary N) is 1. The van der Waals surface area contributed by atoms with Gasteiger partial charge in [-0.25, -0.2) is 0 Å². The smallest absolute Gasteiger partial charge is 0.138 e. The molecule has 1 N–H and O–H groups in total. The summed E-state index contributed by atoms with van der Waals surface area (Å²) in [7, 11) is 0. The summed E-state index contributed by atoms with van der Waals surface area (Å²) in [6.07, 6.45) is 0. The minimum absolute atomic E-state index is 0.0815. The normalized spacial score (nSPS) is 11.4. The Bertz CT molecular complexity index is 426. The maximum atomic E-state index is 6.06. The fourth-order valence-corrected chi connectivity index (χ4v) is 1.94. The number of halogens is 2. The third-order valence-corrected chi connectivity index (χ3v) is 2.98. The molecule has 0 unspecified atom stereocenters. The van der Waals surface area contributed by atoms with Crippen molar-refractivity contribution in [2.45, 2.75) is 26.3 Å². The van der Waals surface area contributed by atoms with E-state index in [0.717, 1.165) is 16.6 Å². The number of hydrogen-bond acceptors (Lipinski definition) is 2. The number of benzene rings is 1. The van der Waals surface area contributed by atoms with Crippen molar-refractivity contribution in [3.05, 3.63) is 39.8 Å². The van der Waals surface area contributed by atoms with Gasteiger partial charge in [0.15, 0.2) is 0 Å². The van der Waals surface area contributed by atoms with Crippen molar-refractivity contribution >= 4 is 27.5 Å². The molecule has 1 aromatic rings. The van der Waals surface area contributed by atoms with Gasteiger partial charge in [0.1, 0.15) is 12.4 Å². The molecule has 0 saturated carbocycles. The summed E-state index contributed by atoms with van der Waals surface area (Å²) in [6.45, 7) is 11.5. The number of ether oxygens (including phenoxy) is 1. The summed E-state index contributed by atoms with van der Waals surface area (Å²) >= 11 is 9.42. The Morgan fingerprint density at radius 2 is 2.11 bits per heavy atom. The topological polar surface area (TPSA) is 21.3 Å². The van der Waals surface area contributed by atoms with E-state index < -0.39 is 0 Å². The van der Waals surface area contributed by atoms with Crippen LogP contribution >= 0.6 is 27.5 Å². The average molecular weight is 333 g/mol. The Labute approximate surface area is 122 Å². The van der Waals surface area contributed by atoms with Crippen LogP contribution in [-0.4, -0.2) is 18.7 Å². The third kappa shape index (κ3) is 5.89. The average Bonchev–Trinajstić information content (AvgIpc) is 2.24. The van der Waals surface area contributed by atoms with E-state index in [9.17, 15) is 0 Å². The Hall–Kier alpha value is -0.510. The van der Waals surface area contributed by atoms with Crippen LogP contribution in [-0.2, 0) is 0 Å². The maximum absolute atomic E-state index is 6.06. The lowest BCUT2D eigenvalue weighted by atomic mass is 10.1. The summed E-state index contributed by atoms with van der Waals surface area (Å²) in [5.41, 5.74) is 1.07. The molecule has 0 bridgehead atoms. The second kappa shape index (κ2) is 6.60. The Morgan fingerprint density at radius 1 is 1.44 bits per heavy atom. The summed E-state index contributed by atoms with van der Waals surface area (Å²) in [5.74, 6) is 0.678. The second-order valence-corrected chi connectivity index (χ2v) is 6.54. The van der Waals surface area contributed by atoms with Crippen molar-refractivity contribution in [2.75, 3.05) is 13.2 Å². The minimum Gasteiger partial charge on any atom is -0.488 e. The van der Waals surface area contributed by atoms with E-state index in [4.69, 9.17) is 16.3 Å². The molecule has 0 aliphatic carbocycles. The first-order valence-corrected chi connectivity index (χ1v) is 6.94. The molecule has 1 rings (SSSR count). The van der Waals surface area contributed by atoms with E-state index in [1.807, 2.05) is 18.2 Å². The Balaban J connectivity index is 2.43. The van der Waals surface area contributed by atoms with E-state index in [0.29, 0.717) is 17.4 Å². The fourth-order valence-electron chi connectivity index (χ4n) is 1.21. The maximum Gasteiger partial charge on any atom is 0.138 e. The Kier molecular flexibility index (Phi) is 5.70. The summed E-state index contributed by atoms with van der Waals surface area (Å²) < 4.78 is 6.56. The molecule has 0 radical (unpaired) electrons. The lowest BCUT2D eigenvalue weighted by Gasteiger charge is -2.21. The molecule has 0 heterocycles. The zero-order chi connectivity index (χ0) is 13.8. The van der Waals surface area contributed by atoms with Gasteiger partial charge in [0, 0.05) is 16.6 Å². The molecule has 0 spiro atoms. The van der Waals surface area contributed by atoms with Crippen LogP contribution in [0.2, 0.25) is 5.02 Å². The van der Waals surface area contributed by atoms with Crippen LogP contribution < -0.4 is 10.1 Å². The molecule has 1 aromatic carbocycles. The molecule has 4 heteroatoms. The van der Waals surface area contributed by atoms with Gasteiger partial charge < -0.3 is 10.1 Å². The van der Waals surface area contributed by atoms with Crippen LogP contribution in [0.15, 0.2) is 34.8 Å². The summed E-state index contributed by atoms with van der Waals surface area (Å²) in [6, 6.07) is 5.56. The molecule has 0 atom stereocenters. The SMILES string of the molecule is C=C(CNC(C)(C)C)COc1ccc(Br)cc1Cl. The zero-order valence-corrected chi connectivity index (χ0v) is 13.4. The van der Waals surface area contributed by atoms with Gasteiger partial charge in [0.2, 0.25) is 0 Å². The van der Waals surface area contributed by atoms with Gasteiger partial charge in [0.25, 0.3) is 0 Å². The van der Waals surface area contributed by atoms with Gasteiger partial charge in [0.05, 0.1) is 5.02 Å². The highest BCUT2D eigenvalue weighted by Gasteiger charge is 2.09. The molecule has 0 fully saturated rings. The second-order valence-electron chi connectivity index (χ2n) is 5.22. The van der Waals surface area contributed by atoms with Gasteiger partial charge >= 0.3 is 0 Å². The van der Waals surface area contributed by atoms with Gasteiger partial charge in [-0.3, -0.25) is 0 Å². The van der Waals surface area contributed by atoms with E-state index in [2.05, 4.69) is 48.6 Å². The summed E-state index contributed by atoms with van der Waals surface area (Å²) in [5, 5.41) is 3.96. The lowest BCUT2D eigenvalue weighted by molar-refractivity contribution is 0.341. The largest absolute Gasteiger partial charge is 0.488 e. The molecule has 0 aliphatic heterocycles. The van der Waals surface area contributed by atoms with Gasteiger partial charge in [-0.1, -0.05) is 34.1 Å². The first-order chi connectivity index (χ1) is 8.28. The van der Waals surface area contributed by atoms with Crippen molar-refractivity contribution in [3.8, 4) is 5.75 Å². The molecule has 18 heavy (non-hydrogen) atoms. The van der Waals surface area contributed by atoms with Crippen LogP contribution in [0.5, 0.6) is 5.75 Å². The molecule has 0 aromatic heterocycles. The molecule has 2 nitrogen and oxygen atoms in total. The minimum atomic E-state index is 0.0815. The van der Waals surface area contributed by atoms with Crippen LogP contribution in [0.4, 0.5) is 0 Å². The molecular weight excluding hydrogens is 314 g/mol. The van der Waals surface area contributed by atoms with Crippen molar-refractivity contribution in [1.29, 1.82) is 0 Å². The van der Waals surface area contributed by atoms with Crippen LogP contribution in [0.25, 0.3) is 0 Å². The van der Waals surface area contributed by atoms with E-state index in [1.165, 1.54) is 0 Å². The molecule has 0 aliphatic rings. The van der Waals surface area contributed by atoms with Crippen LogP contribution in [0, 0.1) is 0 Å². The lowest BCUT2D eigenvalue weighted by Crippen LogP contribution is -2.37. The molecule has 0 amide bonds. The quantitative estimate of drug-likeness (QED) is 0.806. The molecular formula is C14H19BrClNO. The van der Waals surface area contributed by atoms with Gasteiger partial charge in [-0.2, -0.15) is 0 Å². The highest BCUT2D eigenvalue weighted by atomic mass is 79.9. The summed E-state index contributed by atoms with van der Waals surface area (Å²) in [4.78, 5) is 0. The monoisotopic (exact) mass is 331 g/mol. The highest BCUT2D eigenvalue weighted by molar-refractivity contribution is 9.10. The molecule has 100 valence electrons. The molecule has 0 saturated heterocycles. The van der Waals surface area contributed by atoms with Gasteiger partial charge in [-0.15, -0.1) is 0 Å². The van der Waals surface area contributed by atoms with Gasteiger partial charge in [-0.05, 0) is 44.5 Å². The van der Waals surface area contributed by atoms with E-state index in [1.54, 1.807) is 0 Å². The fraction of sp³-hybridized carbons (Fsp3) is 0.429. The number of hydrogen-bond donors (Lipinski definition) is 1.